The van der Waals surface area contributed by atoms with Crippen LogP contribution in [-0.4, -0.2) is 16.5 Å². The van der Waals surface area contributed by atoms with Crippen molar-refractivity contribution in [3.63, 3.8) is 0 Å². The Morgan fingerprint density at radius 1 is 1.35 bits per heavy atom. The predicted molar refractivity (Wildman–Crippen MR) is 83.2 cm³/mol. The summed E-state index contributed by atoms with van der Waals surface area (Å²) < 4.78 is 0. The average molecular weight is 294 g/mol. The van der Waals surface area contributed by atoms with Gasteiger partial charge in [0, 0.05) is 5.02 Å². The summed E-state index contributed by atoms with van der Waals surface area (Å²) in [5.74, 6) is 0.638. The van der Waals surface area contributed by atoms with Gasteiger partial charge in [0.15, 0.2) is 0 Å². The fraction of sp³-hybridized carbons (Fsp3) is 0.467. The standard InChI is InChI=1S/C15H20ClN3O/c1-15(2,3)6-7-17-9-13-18-12-8-10(16)4-5-11(12)14(20)19-13/h4-5,8,17H,6-7,9H2,1-3H3,(H,18,19,20). The van der Waals surface area contributed by atoms with Crippen LogP contribution in [0.3, 0.4) is 0 Å². The number of rotatable bonds is 4. The SMILES string of the molecule is CC(C)(C)CCNCc1nc2cc(Cl)ccc2c(=O)[nH]1. The third-order valence-electron chi connectivity index (χ3n) is 3.06. The number of fused-ring (bicyclic) bond motifs is 1. The number of halogens is 1. The molecule has 1 heterocycles. The molecule has 0 fully saturated rings. The molecule has 20 heavy (non-hydrogen) atoms. The van der Waals surface area contributed by atoms with Gasteiger partial charge in [0.25, 0.3) is 5.56 Å². The van der Waals surface area contributed by atoms with Gasteiger partial charge in [0.05, 0.1) is 17.4 Å². The molecule has 0 unspecified atom stereocenters. The van der Waals surface area contributed by atoms with Crippen LogP contribution in [0, 0.1) is 5.41 Å². The molecule has 0 amide bonds. The Labute approximate surface area is 123 Å². The number of aromatic nitrogens is 2. The largest absolute Gasteiger partial charge is 0.310 e. The Morgan fingerprint density at radius 2 is 2.10 bits per heavy atom. The molecule has 0 aliphatic rings. The van der Waals surface area contributed by atoms with E-state index in [-0.39, 0.29) is 5.56 Å². The number of nitrogens with one attached hydrogen (secondary N) is 2. The minimum atomic E-state index is -0.126. The lowest BCUT2D eigenvalue weighted by atomic mass is 9.92. The summed E-state index contributed by atoms with van der Waals surface area (Å²) >= 11 is 5.93. The maximum absolute atomic E-state index is 11.9. The van der Waals surface area contributed by atoms with Crippen LogP contribution in [0.5, 0.6) is 0 Å². The molecule has 4 nitrogen and oxygen atoms in total. The quantitative estimate of drug-likeness (QED) is 0.852. The van der Waals surface area contributed by atoms with Crippen LogP contribution in [0.2, 0.25) is 5.02 Å². The van der Waals surface area contributed by atoms with Crippen molar-refractivity contribution in [2.75, 3.05) is 6.54 Å². The number of nitrogens with zero attached hydrogens (tertiary/aromatic N) is 1. The highest BCUT2D eigenvalue weighted by atomic mass is 35.5. The fourth-order valence-corrected chi connectivity index (χ4v) is 2.08. The van der Waals surface area contributed by atoms with Crippen molar-refractivity contribution in [2.24, 2.45) is 5.41 Å². The van der Waals surface area contributed by atoms with Crippen LogP contribution in [-0.2, 0) is 6.54 Å². The zero-order valence-electron chi connectivity index (χ0n) is 12.1. The molecule has 2 rings (SSSR count). The smallest absolute Gasteiger partial charge is 0.258 e. The summed E-state index contributed by atoms with van der Waals surface area (Å²) in [6, 6.07) is 5.10. The number of H-pyrrole nitrogens is 1. The second kappa shape index (κ2) is 5.94. The first-order valence-electron chi connectivity index (χ1n) is 6.74. The van der Waals surface area contributed by atoms with E-state index in [9.17, 15) is 4.79 Å². The second-order valence-corrected chi connectivity index (χ2v) is 6.60. The maximum atomic E-state index is 11.9. The van der Waals surface area contributed by atoms with Crippen LogP contribution in [0.15, 0.2) is 23.0 Å². The van der Waals surface area contributed by atoms with Crippen LogP contribution < -0.4 is 10.9 Å². The summed E-state index contributed by atoms with van der Waals surface area (Å²) in [5.41, 5.74) is 0.804. The minimum absolute atomic E-state index is 0.126. The third-order valence-corrected chi connectivity index (χ3v) is 3.30. The summed E-state index contributed by atoms with van der Waals surface area (Å²) in [4.78, 5) is 19.2. The molecule has 0 saturated carbocycles. The van der Waals surface area contributed by atoms with Crippen molar-refractivity contribution in [3.05, 3.63) is 39.4 Å². The van der Waals surface area contributed by atoms with Crippen LogP contribution in [0.4, 0.5) is 0 Å². The van der Waals surface area contributed by atoms with Crippen LogP contribution in [0.25, 0.3) is 10.9 Å². The van der Waals surface area contributed by atoms with Gasteiger partial charge in [-0.1, -0.05) is 32.4 Å². The predicted octanol–water partition coefficient (Wildman–Crippen LogP) is 3.10. The Bertz CT molecular complexity index is 658. The molecule has 0 spiro atoms. The molecular formula is C15H20ClN3O. The average Bonchev–Trinajstić information content (AvgIpc) is 2.33. The van der Waals surface area contributed by atoms with E-state index in [0.29, 0.717) is 33.7 Å². The van der Waals surface area contributed by atoms with E-state index in [1.807, 2.05) is 0 Å². The lowest BCUT2D eigenvalue weighted by Crippen LogP contribution is -2.23. The van der Waals surface area contributed by atoms with Crippen LogP contribution in [0.1, 0.15) is 33.0 Å². The molecule has 2 aromatic rings. The summed E-state index contributed by atoms with van der Waals surface area (Å²) in [7, 11) is 0. The molecule has 0 atom stereocenters. The van der Waals surface area contributed by atoms with E-state index in [1.54, 1.807) is 18.2 Å². The van der Waals surface area contributed by atoms with Crippen molar-refractivity contribution < 1.29 is 0 Å². The molecule has 0 aliphatic heterocycles. The highest BCUT2D eigenvalue weighted by Crippen LogP contribution is 2.17. The molecule has 0 bridgehead atoms. The normalized spacial score (nSPS) is 12.0. The van der Waals surface area contributed by atoms with Crippen molar-refractivity contribution in [1.82, 2.24) is 15.3 Å². The Morgan fingerprint density at radius 3 is 2.80 bits per heavy atom. The zero-order valence-corrected chi connectivity index (χ0v) is 12.8. The first kappa shape index (κ1) is 15.0. The highest BCUT2D eigenvalue weighted by molar-refractivity contribution is 6.31. The van der Waals surface area contributed by atoms with E-state index in [4.69, 9.17) is 11.6 Å². The number of benzene rings is 1. The molecular weight excluding hydrogens is 274 g/mol. The van der Waals surface area contributed by atoms with E-state index in [0.717, 1.165) is 13.0 Å². The molecule has 108 valence electrons. The first-order chi connectivity index (χ1) is 9.35. The topological polar surface area (TPSA) is 57.8 Å². The lowest BCUT2D eigenvalue weighted by molar-refractivity contribution is 0.365. The van der Waals surface area contributed by atoms with Crippen molar-refractivity contribution in [1.29, 1.82) is 0 Å². The third kappa shape index (κ3) is 4.05. The maximum Gasteiger partial charge on any atom is 0.258 e. The lowest BCUT2D eigenvalue weighted by Gasteiger charge is -2.17. The van der Waals surface area contributed by atoms with E-state index in [1.165, 1.54) is 0 Å². The molecule has 2 N–H and O–H groups in total. The monoisotopic (exact) mass is 293 g/mol. The van der Waals surface area contributed by atoms with Gasteiger partial charge < -0.3 is 10.3 Å². The van der Waals surface area contributed by atoms with Gasteiger partial charge in [0.2, 0.25) is 0 Å². The highest BCUT2D eigenvalue weighted by Gasteiger charge is 2.09. The van der Waals surface area contributed by atoms with Crippen molar-refractivity contribution in [3.8, 4) is 0 Å². The van der Waals surface area contributed by atoms with Gasteiger partial charge >= 0.3 is 0 Å². The van der Waals surface area contributed by atoms with Crippen molar-refractivity contribution >= 4 is 22.5 Å². The van der Waals surface area contributed by atoms with Gasteiger partial charge in [0.1, 0.15) is 5.82 Å². The van der Waals surface area contributed by atoms with Gasteiger partial charge in [-0.15, -0.1) is 0 Å². The summed E-state index contributed by atoms with van der Waals surface area (Å²) in [6.45, 7) is 8.04. The zero-order chi connectivity index (χ0) is 14.8. The fourth-order valence-electron chi connectivity index (χ4n) is 1.91. The Hall–Kier alpha value is -1.39. The van der Waals surface area contributed by atoms with E-state index >= 15 is 0 Å². The van der Waals surface area contributed by atoms with Gasteiger partial charge in [-0.3, -0.25) is 4.79 Å². The Balaban J connectivity index is 2.09. The number of hydrogen-bond donors (Lipinski definition) is 2. The van der Waals surface area contributed by atoms with E-state index < -0.39 is 0 Å². The van der Waals surface area contributed by atoms with E-state index in [2.05, 4.69) is 36.1 Å². The minimum Gasteiger partial charge on any atom is -0.310 e. The molecule has 0 aliphatic carbocycles. The second-order valence-electron chi connectivity index (χ2n) is 6.16. The molecule has 1 aromatic heterocycles. The first-order valence-corrected chi connectivity index (χ1v) is 7.12. The number of hydrogen-bond acceptors (Lipinski definition) is 3. The number of aromatic amines is 1. The van der Waals surface area contributed by atoms with Gasteiger partial charge in [-0.2, -0.15) is 0 Å². The van der Waals surface area contributed by atoms with Crippen LogP contribution >= 0.6 is 11.6 Å². The molecule has 5 heteroatoms. The molecule has 0 saturated heterocycles. The molecule has 0 radical (unpaired) electrons. The molecule has 1 aromatic carbocycles. The van der Waals surface area contributed by atoms with Gasteiger partial charge in [-0.05, 0) is 36.6 Å². The van der Waals surface area contributed by atoms with Crippen molar-refractivity contribution in [2.45, 2.75) is 33.7 Å². The summed E-state index contributed by atoms with van der Waals surface area (Å²) in [5, 5.41) is 4.45. The van der Waals surface area contributed by atoms with Gasteiger partial charge in [-0.25, -0.2) is 4.98 Å². The Kier molecular flexibility index (Phi) is 4.45. The summed E-state index contributed by atoms with van der Waals surface area (Å²) in [6.07, 6.45) is 1.07.